The van der Waals surface area contributed by atoms with Crippen LogP contribution in [-0.4, -0.2) is 42.2 Å². The minimum atomic E-state index is -0.827. The average molecular weight is 265 g/mol. The summed E-state index contributed by atoms with van der Waals surface area (Å²) in [5, 5.41) is 12.9. The molecule has 19 heavy (non-hydrogen) atoms. The quantitative estimate of drug-likeness (QED) is 0.816. The molecule has 0 spiro atoms. The van der Waals surface area contributed by atoms with Gasteiger partial charge >= 0.3 is 0 Å². The van der Waals surface area contributed by atoms with Crippen LogP contribution in [0.4, 0.5) is 5.82 Å². The molecule has 1 aromatic rings. The smallest absolute Gasteiger partial charge is 0.252 e. The maximum atomic E-state index is 11.9. The highest BCUT2D eigenvalue weighted by Crippen LogP contribution is 2.13. The molecule has 1 aromatic heterocycles. The molecule has 0 aliphatic carbocycles. The van der Waals surface area contributed by atoms with Crippen LogP contribution in [0.25, 0.3) is 0 Å². The largest absolute Gasteiger partial charge is 0.388 e. The van der Waals surface area contributed by atoms with E-state index in [9.17, 15) is 9.90 Å². The zero-order chi connectivity index (χ0) is 14.5. The zero-order valence-electron chi connectivity index (χ0n) is 12.1. The topological polar surface area (TPSA) is 65.5 Å². The third kappa shape index (κ3) is 4.21. The molecule has 1 heterocycles. The van der Waals surface area contributed by atoms with E-state index in [0.717, 1.165) is 5.82 Å². The molecule has 0 aliphatic rings. The fraction of sp³-hybridized carbons (Fsp3) is 0.571. The molecular formula is C14H23N3O2. The monoisotopic (exact) mass is 265 g/mol. The molecule has 1 rings (SSSR count). The Balaban J connectivity index is 2.63. The molecule has 0 atom stereocenters. The van der Waals surface area contributed by atoms with Crippen molar-refractivity contribution in [2.24, 2.45) is 0 Å². The van der Waals surface area contributed by atoms with Crippen molar-refractivity contribution in [3.63, 3.8) is 0 Å². The Labute approximate surface area is 114 Å². The minimum Gasteiger partial charge on any atom is -0.388 e. The Hall–Kier alpha value is -1.62. The number of pyridine rings is 1. The Morgan fingerprint density at radius 3 is 2.42 bits per heavy atom. The van der Waals surface area contributed by atoms with Crippen LogP contribution in [0.3, 0.4) is 0 Å². The number of aromatic nitrogens is 1. The number of hydrogen-bond donors (Lipinski definition) is 2. The molecule has 5 nitrogen and oxygen atoms in total. The number of carbonyl (C=O) groups is 1. The van der Waals surface area contributed by atoms with E-state index in [2.05, 4.69) is 10.3 Å². The number of nitrogens with zero attached hydrogens (tertiary/aromatic N) is 2. The van der Waals surface area contributed by atoms with Gasteiger partial charge in [0, 0.05) is 26.8 Å². The first-order valence-corrected chi connectivity index (χ1v) is 6.56. The van der Waals surface area contributed by atoms with Gasteiger partial charge in [0.15, 0.2) is 0 Å². The number of amides is 1. The molecular weight excluding hydrogens is 242 g/mol. The highest BCUT2D eigenvalue weighted by molar-refractivity contribution is 5.94. The van der Waals surface area contributed by atoms with Crippen molar-refractivity contribution in [3.05, 3.63) is 23.9 Å². The SMILES string of the molecule is CCC(O)(CC)CNC(=O)c1ccc(N(C)C)nc1. The molecule has 2 N–H and O–H groups in total. The molecule has 0 fully saturated rings. The molecule has 1 amide bonds. The minimum absolute atomic E-state index is 0.210. The lowest BCUT2D eigenvalue weighted by Gasteiger charge is -2.25. The van der Waals surface area contributed by atoms with Gasteiger partial charge in [-0.15, -0.1) is 0 Å². The number of rotatable bonds is 6. The fourth-order valence-corrected chi connectivity index (χ4v) is 1.63. The molecule has 0 bridgehead atoms. The van der Waals surface area contributed by atoms with Crippen molar-refractivity contribution < 1.29 is 9.90 Å². The van der Waals surface area contributed by atoms with Gasteiger partial charge in [0.25, 0.3) is 5.91 Å². The van der Waals surface area contributed by atoms with Gasteiger partial charge in [-0.05, 0) is 25.0 Å². The predicted octanol–water partition coefficient (Wildman–Crippen LogP) is 1.43. The second-order valence-electron chi connectivity index (χ2n) is 4.91. The van der Waals surface area contributed by atoms with Crippen molar-refractivity contribution in [1.29, 1.82) is 0 Å². The summed E-state index contributed by atoms with van der Waals surface area (Å²) in [6, 6.07) is 3.52. The van der Waals surface area contributed by atoms with Crippen molar-refractivity contribution in [2.75, 3.05) is 25.5 Å². The predicted molar refractivity (Wildman–Crippen MR) is 76.4 cm³/mol. The van der Waals surface area contributed by atoms with E-state index in [1.54, 1.807) is 18.3 Å². The lowest BCUT2D eigenvalue weighted by atomic mass is 9.97. The fourth-order valence-electron chi connectivity index (χ4n) is 1.63. The second-order valence-corrected chi connectivity index (χ2v) is 4.91. The van der Waals surface area contributed by atoms with E-state index < -0.39 is 5.60 Å². The zero-order valence-corrected chi connectivity index (χ0v) is 12.1. The van der Waals surface area contributed by atoms with Crippen LogP contribution in [0.5, 0.6) is 0 Å². The van der Waals surface area contributed by atoms with Gasteiger partial charge in [0.2, 0.25) is 0 Å². The molecule has 0 aromatic carbocycles. The summed E-state index contributed by atoms with van der Waals surface area (Å²) < 4.78 is 0. The molecule has 0 saturated heterocycles. The first-order valence-electron chi connectivity index (χ1n) is 6.56. The average Bonchev–Trinajstić information content (AvgIpc) is 2.44. The van der Waals surface area contributed by atoms with E-state index in [-0.39, 0.29) is 12.5 Å². The first kappa shape index (κ1) is 15.4. The van der Waals surface area contributed by atoms with Gasteiger partial charge in [-0.2, -0.15) is 0 Å². The van der Waals surface area contributed by atoms with Crippen LogP contribution in [0.1, 0.15) is 37.0 Å². The maximum absolute atomic E-state index is 11.9. The number of nitrogens with one attached hydrogen (secondary N) is 1. The number of anilines is 1. The van der Waals surface area contributed by atoms with Crippen LogP contribution < -0.4 is 10.2 Å². The third-order valence-electron chi connectivity index (χ3n) is 3.36. The Morgan fingerprint density at radius 1 is 1.37 bits per heavy atom. The van der Waals surface area contributed by atoms with Gasteiger partial charge in [0.05, 0.1) is 11.2 Å². The van der Waals surface area contributed by atoms with Gasteiger partial charge < -0.3 is 15.3 Å². The summed E-state index contributed by atoms with van der Waals surface area (Å²) in [5.74, 6) is 0.591. The van der Waals surface area contributed by atoms with Crippen LogP contribution in [0, 0.1) is 0 Å². The standard InChI is InChI=1S/C14H23N3O2/c1-5-14(19,6-2)10-16-13(18)11-7-8-12(15-9-11)17(3)4/h7-9,19H,5-6,10H2,1-4H3,(H,16,18). The Morgan fingerprint density at radius 2 is 2.00 bits per heavy atom. The molecule has 5 heteroatoms. The van der Waals surface area contributed by atoms with Crippen molar-refractivity contribution in [1.82, 2.24) is 10.3 Å². The normalized spacial score (nSPS) is 11.2. The number of aliphatic hydroxyl groups is 1. The van der Waals surface area contributed by atoms with Gasteiger partial charge in [-0.1, -0.05) is 13.8 Å². The van der Waals surface area contributed by atoms with Gasteiger partial charge in [0.1, 0.15) is 5.82 Å². The molecule has 0 radical (unpaired) electrons. The van der Waals surface area contributed by atoms with E-state index in [1.165, 1.54) is 0 Å². The van der Waals surface area contributed by atoms with E-state index >= 15 is 0 Å². The van der Waals surface area contributed by atoms with Crippen molar-refractivity contribution in [2.45, 2.75) is 32.3 Å². The lowest BCUT2D eigenvalue weighted by Crippen LogP contribution is -2.42. The van der Waals surface area contributed by atoms with Crippen molar-refractivity contribution >= 4 is 11.7 Å². The van der Waals surface area contributed by atoms with Gasteiger partial charge in [-0.3, -0.25) is 4.79 Å². The first-order chi connectivity index (χ1) is 8.91. The van der Waals surface area contributed by atoms with Crippen LogP contribution in [-0.2, 0) is 0 Å². The third-order valence-corrected chi connectivity index (χ3v) is 3.36. The summed E-state index contributed by atoms with van der Waals surface area (Å²) in [7, 11) is 3.79. The summed E-state index contributed by atoms with van der Waals surface area (Å²) in [6.07, 6.45) is 2.77. The summed E-state index contributed by atoms with van der Waals surface area (Å²) in [4.78, 5) is 18.0. The molecule has 0 unspecified atom stereocenters. The molecule has 0 aliphatic heterocycles. The summed E-state index contributed by atoms with van der Waals surface area (Å²) >= 11 is 0. The molecule has 0 saturated carbocycles. The van der Waals surface area contributed by atoms with E-state index in [4.69, 9.17) is 0 Å². The van der Waals surface area contributed by atoms with E-state index in [0.29, 0.717) is 18.4 Å². The lowest BCUT2D eigenvalue weighted by molar-refractivity contribution is 0.0314. The maximum Gasteiger partial charge on any atom is 0.252 e. The highest BCUT2D eigenvalue weighted by Gasteiger charge is 2.23. The van der Waals surface area contributed by atoms with Crippen LogP contribution in [0.2, 0.25) is 0 Å². The Kier molecular flexibility index (Phi) is 5.30. The summed E-state index contributed by atoms with van der Waals surface area (Å²) in [6.45, 7) is 4.07. The number of hydrogen-bond acceptors (Lipinski definition) is 4. The van der Waals surface area contributed by atoms with E-state index in [1.807, 2.05) is 32.8 Å². The number of carbonyl (C=O) groups excluding carboxylic acids is 1. The van der Waals surface area contributed by atoms with Crippen molar-refractivity contribution in [3.8, 4) is 0 Å². The highest BCUT2D eigenvalue weighted by atomic mass is 16.3. The van der Waals surface area contributed by atoms with Crippen LogP contribution in [0.15, 0.2) is 18.3 Å². The molecule has 106 valence electrons. The summed E-state index contributed by atoms with van der Waals surface area (Å²) in [5.41, 5.74) is -0.327. The van der Waals surface area contributed by atoms with Gasteiger partial charge in [-0.25, -0.2) is 4.98 Å². The Bertz CT molecular complexity index is 411. The van der Waals surface area contributed by atoms with Crippen LogP contribution >= 0.6 is 0 Å². The second kappa shape index (κ2) is 6.52.